The van der Waals surface area contributed by atoms with Crippen LogP contribution in [0.2, 0.25) is 0 Å². The Labute approximate surface area is 163 Å². The minimum absolute atomic E-state index is 0.0388. The van der Waals surface area contributed by atoms with Crippen LogP contribution in [0.25, 0.3) is 17.1 Å². The molecule has 0 bridgehead atoms. The second-order valence-electron chi connectivity index (χ2n) is 6.89. The summed E-state index contributed by atoms with van der Waals surface area (Å²) in [5.41, 5.74) is 5.69. The Hall–Kier alpha value is -3.54. The van der Waals surface area contributed by atoms with Gasteiger partial charge < -0.3 is 4.57 Å². The van der Waals surface area contributed by atoms with Gasteiger partial charge in [-0.3, -0.25) is 4.79 Å². The lowest BCUT2D eigenvalue weighted by atomic mass is 10.1. The van der Waals surface area contributed by atoms with Crippen LogP contribution >= 0.6 is 0 Å². The molecule has 0 saturated carbocycles. The highest BCUT2D eigenvalue weighted by atomic mass is 16.1. The van der Waals surface area contributed by atoms with Crippen molar-refractivity contribution in [2.75, 3.05) is 0 Å². The van der Waals surface area contributed by atoms with Gasteiger partial charge in [0.15, 0.2) is 5.78 Å². The van der Waals surface area contributed by atoms with E-state index in [0.29, 0.717) is 11.4 Å². The Bertz CT molecular complexity index is 1120. The Kier molecular flexibility index (Phi) is 4.61. The minimum Gasteiger partial charge on any atom is -0.318 e. The van der Waals surface area contributed by atoms with E-state index in [1.54, 1.807) is 0 Å². The Morgan fingerprint density at radius 1 is 0.964 bits per heavy atom. The van der Waals surface area contributed by atoms with E-state index in [1.807, 2.05) is 81.4 Å². The van der Waals surface area contributed by atoms with Crippen LogP contribution in [0.15, 0.2) is 60.7 Å². The molecule has 2 aromatic carbocycles. The molecular weight excluding hydrogens is 350 g/mol. The van der Waals surface area contributed by atoms with E-state index in [0.717, 1.165) is 22.6 Å². The van der Waals surface area contributed by atoms with E-state index >= 15 is 0 Å². The summed E-state index contributed by atoms with van der Waals surface area (Å²) in [6, 6.07) is 19.8. The van der Waals surface area contributed by atoms with Gasteiger partial charge in [0.05, 0.1) is 0 Å². The van der Waals surface area contributed by atoms with Gasteiger partial charge in [0.1, 0.15) is 6.54 Å². The van der Waals surface area contributed by atoms with Crippen molar-refractivity contribution in [1.82, 2.24) is 24.8 Å². The van der Waals surface area contributed by atoms with Gasteiger partial charge in [-0.15, -0.1) is 10.2 Å². The third kappa shape index (κ3) is 3.36. The Morgan fingerprint density at radius 2 is 1.68 bits per heavy atom. The molecule has 0 saturated heterocycles. The maximum Gasteiger partial charge on any atom is 0.204 e. The van der Waals surface area contributed by atoms with E-state index in [2.05, 4.69) is 20.0 Å². The van der Waals surface area contributed by atoms with Crippen molar-refractivity contribution in [1.29, 1.82) is 0 Å². The number of ketones is 1. The molecule has 0 aliphatic rings. The number of nitrogens with zero attached hydrogens (tertiary/aromatic N) is 5. The fourth-order valence-electron chi connectivity index (χ4n) is 3.36. The lowest BCUT2D eigenvalue weighted by Crippen LogP contribution is -2.14. The standard InChI is InChI=1S/C22H21N5O/c1-15-9-11-18(12-10-15)22-23-25-26(24-22)14-21(28)20-13-16(2)27(17(20)3)19-7-5-4-6-8-19/h4-13H,14H2,1-3H3. The first-order valence-corrected chi connectivity index (χ1v) is 9.15. The first-order valence-electron chi connectivity index (χ1n) is 9.15. The monoisotopic (exact) mass is 371 g/mol. The fraction of sp³-hybridized carbons (Fsp3) is 0.182. The smallest absolute Gasteiger partial charge is 0.204 e. The number of para-hydroxylation sites is 1. The second kappa shape index (κ2) is 7.23. The van der Waals surface area contributed by atoms with Crippen molar-refractivity contribution in [2.24, 2.45) is 0 Å². The molecule has 0 unspecified atom stereocenters. The highest BCUT2D eigenvalue weighted by Crippen LogP contribution is 2.21. The molecule has 0 spiro atoms. The molecule has 4 aromatic rings. The molecule has 0 aliphatic heterocycles. The lowest BCUT2D eigenvalue weighted by Gasteiger charge is -2.09. The van der Waals surface area contributed by atoms with Crippen LogP contribution < -0.4 is 0 Å². The number of tetrazole rings is 1. The topological polar surface area (TPSA) is 65.6 Å². The minimum atomic E-state index is -0.0388. The number of aryl methyl sites for hydroxylation is 2. The van der Waals surface area contributed by atoms with Crippen LogP contribution in [0.4, 0.5) is 0 Å². The number of benzene rings is 2. The van der Waals surface area contributed by atoms with E-state index in [4.69, 9.17) is 0 Å². The largest absolute Gasteiger partial charge is 0.318 e. The van der Waals surface area contributed by atoms with Gasteiger partial charge in [-0.1, -0.05) is 48.0 Å². The molecular formula is C22H21N5O. The third-order valence-electron chi connectivity index (χ3n) is 4.79. The van der Waals surface area contributed by atoms with Crippen LogP contribution in [0.1, 0.15) is 27.3 Å². The van der Waals surface area contributed by atoms with Crippen molar-refractivity contribution < 1.29 is 4.79 Å². The molecule has 6 heteroatoms. The van der Waals surface area contributed by atoms with Crippen molar-refractivity contribution in [3.8, 4) is 17.1 Å². The average Bonchev–Trinajstić information content (AvgIpc) is 3.27. The maximum absolute atomic E-state index is 12.9. The van der Waals surface area contributed by atoms with Crippen molar-refractivity contribution in [3.05, 3.63) is 83.2 Å². The maximum atomic E-state index is 12.9. The molecule has 6 nitrogen and oxygen atoms in total. The number of aromatic nitrogens is 5. The molecule has 0 aliphatic carbocycles. The molecule has 0 amide bonds. The number of hydrogen-bond acceptors (Lipinski definition) is 4. The zero-order valence-electron chi connectivity index (χ0n) is 16.1. The Balaban J connectivity index is 1.57. The van der Waals surface area contributed by atoms with E-state index in [-0.39, 0.29) is 12.3 Å². The van der Waals surface area contributed by atoms with Crippen molar-refractivity contribution in [2.45, 2.75) is 27.3 Å². The van der Waals surface area contributed by atoms with Crippen molar-refractivity contribution in [3.63, 3.8) is 0 Å². The summed E-state index contributed by atoms with van der Waals surface area (Å²) in [5, 5.41) is 12.5. The molecule has 28 heavy (non-hydrogen) atoms. The average molecular weight is 371 g/mol. The molecule has 2 aromatic heterocycles. The SMILES string of the molecule is Cc1ccc(-c2nnn(CC(=O)c3cc(C)n(-c4ccccc4)c3C)n2)cc1. The number of carbonyl (C=O) groups is 1. The summed E-state index contributed by atoms with van der Waals surface area (Å²) in [6.07, 6.45) is 0. The highest BCUT2D eigenvalue weighted by molar-refractivity contribution is 5.97. The zero-order chi connectivity index (χ0) is 19.7. The molecule has 4 rings (SSSR count). The normalized spacial score (nSPS) is 11.0. The van der Waals surface area contributed by atoms with Gasteiger partial charge in [0, 0.05) is 28.2 Å². The van der Waals surface area contributed by atoms with Gasteiger partial charge in [-0.2, -0.15) is 4.80 Å². The first kappa shape index (κ1) is 17.9. The number of rotatable bonds is 5. The van der Waals surface area contributed by atoms with Gasteiger partial charge in [0.25, 0.3) is 0 Å². The third-order valence-corrected chi connectivity index (χ3v) is 4.79. The molecule has 0 fully saturated rings. The number of carbonyl (C=O) groups excluding carboxylic acids is 1. The lowest BCUT2D eigenvalue weighted by molar-refractivity contribution is 0.0961. The van der Waals surface area contributed by atoms with Gasteiger partial charge in [-0.05, 0) is 44.2 Å². The quantitative estimate of drug-likeness (QED) is 0.499. The van der Waals surface area contributed by atoms with Gasteiger partial charge in [-0.25, -0.2) is 0 Å². The van der Waals surface area contributed by atoms with Gasteiger partial charge in [0.2, 0.25) is 5.82 Å². The first-order chi connectivity index (χ1) is 13.5. The molecule has 2 heterocycles. The highest BCUT2D eigenvalue weighted by Gasteiger charge is 2.18. The predicted molar refractivity (Wildman–Crippen MR) is 108 cm³/mol. The van der Waals surface area contributed by atoms with Crippen molar-refractivity contribution >= 4 is 5.78 Å². The molecule has 0 N–H and O–H groups in total. The number of hydrogen-bond donors (Lipinski definition) is 0. The predicted octanol–water partition coefficient (Wildman–Crippen LogP) is 3.94. The fourth-order valence-corrected chi connectivity index (χ4v) is 3.36. The van der Waals surface area contributed by atoms with Crippen LogP contribution in [-0.4, -0.2) is 30.6 Å². The summed E-state index contributed by atoms with van der Waals surface area (Å²) in [6.45, 7) is 6.04. The van der Waals surface area contributed by atoms with Crippen LogP contribution in [0.3, 0.4) is 0 Å². The number of Topliss-reactive ketones (excluding diaryl/α,β-unsaturated/α-hetero) is 1. The van der Waals surface area contributed by atoms with Crippen LogP contribution in [0.5, 0.6) is 0 Å². The van der Waals surface area contributed by atoms with E-state index < -0.39 is 0 Å². The Morgan fingerprint density at radius 3 is 2.39 bits per heavy atom. The van der Waals surface area contributed by atoms with Crippen LogP contribution in [0, 0.1) is 20.8 Å². The van der Waals surface area contributed by atoms with Gasteiger partial charge >= 0.3 is 0 Å². The van der Waals surface area contributed by atoms with Crippen LogP contribution in [-0.2, 0) is 6.54 Å². The molecule has 140 valence electrons. The van der Waals surface area contributed by atoms with E-state index in [9.17, 15) is 4.79 Å². The summed E-state index contributed by atoms with van der Waals surface area (Å²) in [7, 11) is 0. The zero-order valence-corrected chi connectivity index (χ0v) is 16.1. The summed E-state index contributed by atoms with van der Waals surface area (Å²) in [5.74, 6) is 0.477. The summed E-state index contributed by atoms with van der Waals surface area (Å²) >= 11 is 0. The summed E-state index contributed by atoms with van der Waals surface area (Å²) < 4.78 is 2.08. The summed E-state index contributed by atoms with van der Waals surface area (Å²) in [4.78, 5) is 14.2. The second-order valence-corrected chi connectivity index (χ2v) is 6.89. The van der Waals surface area contributed by atoms with E-state index in [1.165, 1.54) is 10.4 Å². The molecule has 0 atom stereocenters. The molecule has 0 radical (unpaired) electrons.